The molecule has 0 saturated carbocycles. The maximum atomic E-state index is 13.0. The molecular weight excluding hydrogens is 452 g/mol. The molecule has 174 valence electrons. The van der Waals surface area contributed by atoms with E-state index < -0.39 is 9.84 Å². The Morgan fingerprint density at radius 3 is 2.53 bits per heavy atom. The topological polar surface area (TPSA) is 124 Å². The van der Waals surface area contributed by atoms with E-state index in [0.717, 1.165) is 29.5 Å². The molecule has 1 fully saturated rings. The molecule has 9 nitrogen and oxygen atoms in total. The number of hydrogen-bond donors (Lipinski definition) is 1. The van der Waals surface area contributed by atoms with E-state index in [1.54, 1.807) is 46.3 Å². The molecule has 5 rings (SSSR count). The third kappa shape index (κ3) is 4.06. The van der Waals surface area contributed by atoms with Crippen LogP contribution in [0.3, 0.4) is 0 Å². The van der Waals surface area contributed by atoms with Crippen molar-refractivity contribution in [1.82, 2.24) is 24.4 Å². The molecule has 0 unspecified atom stereocenters. The first-order valence-corrected chi connectivity index (χ1v) is 12.8. The SMILES string of the molecule is Cc1ccnc(-c2cnc(-n3cc(S(C)(=O)=O)c4ccc(C(=O)N5CC[C@@H](N)C5)cc43)nc2)c1. The van der Waals surface area contributed by atoms with Crippen molar-refractivity contribution in [3.05, 3.63) is 66.2 Å². The number of carbonyl (C=O) groups excluding carboxylic acids is 1. The monoisotopic (exact) mass is 476 g/mol. The Morgan fingerprint density at radius 1 is 1.12 bits per heavy atom. The average Bonchev–Trinajstić information content (AvgIpc) is 3.42. The van der Waals surface area contributed by atoms with Gasteiger partial charge in [-0.05, 0) is 43.2 Å². The van der Waals surface area contributed by atoms with E-state index in [0.29, 0.717) is 35.5 Å². The first-order chi connectivity index (χ1) is 16.2. The predicted octanol–water partition coefficient (Wildman–Crippen LogP) is 2.37. The molecule has 1 aliphatic rings. The van der Waals surface area contributed by atoms with E-state index in [4.69, 9.17) is 5.73 Å². The van der Waals surface area contributed by atoms with Crippen molar-refractivity contribution >= 4 is 26.6 Å². The van der Waals surface area contributed by atoms with Gasteiger partial charge in [0.1, 0.15) is 0 Å². The van der Waals surface area contributed by atoms with Gasteiger partial charge < -0.3 is 10.6 Å². The molecule has 1 atom stereocenters. The Bertz CT molecular complexity index is 1510. The summed E-state index contributed by atoms with van der Waals surface area (Å²) in [6.45, 7) is 3.09. The molecule has 34 heavy (non-hydrogen) atoms. The Kier molecular flexibility index (Phi) is 5.41. The molecule has 1 aromatic carbocycles. The van der Waals surface area contributed by atoms with Crippen LogP contribution in [0.4, 0.5) is 0 Å². The van der Waals surface area contributed by atoms with Gasteiger partial charge in [0, 0.05) is 66.7 Å². The number of likely N-dealkylation sites (tertiary alicyclic amines) is 1. The molecule has 0 aliphatic carbocycles. The largest absolute Gasteiger partial charge is 0.337 e. The molecule has 0 radical (unpaired) electrons. The second-order valence-corrected chi connectivity index (χ2v) is 10.6. The number of nitrogens with two attached hydrogens (primary N) is 1. The number of nitrogens with zero attached hydrogens (tertiary/aromatic N) is 5. The molecule has 1 saturated heterocycles. The molecule has 1 amide bonds. The van der Waals surface area contributed by atoms with Crippen molar-refractivity contribution in [3.63, 3.8) is 0 Å². The normalized spacial score (nSPS) is 16.3. The van der Waals surface area contributed by atoms with E-state index >= 15 is 0 Å². The molecule has 0 spiro atoms. The molecule has 4 aromatic rings. The van der Waals surface area contributed by atoms with E-state index in [9.17, 15) is 13.2 Å². The van der Waals surface area contributed by atoms with Gasteiger partial charge in [-0.2, -0.15) is 0 Å². The number of aromatic nitrogens is 4. The van der Waals surface area contributed by atoms with Crippen LogP contribution in [-0.4, -0.2) is 64.1 Å². The number of rotatable bonds is 4. The van der Waals surface area contributed by atoms with Crippen molar-refractivity contribution in [2.75, 3.05) is 19.3 Å². The molecular formula is C24H24N6O3S. The van der Waals surface area contributed by atoms with Crippen LogP contribution in [-0.2, 0) is 9.84 Å². The highest BCUT2D eigenvalue weighted by Gasteiger charge is 2.26. The van der Waals surface area contributed by atoms with Crippen molar-refractivity contribution in [1.29, 1.82) is 0 Å². The molecule has 1 aliphatic heterocycles. The van der Waals surface area contributed by atoms with Crippen molar-refractivity contribution in [3.8, 4) is 17.2 Å². The van der Waals surface area contributed by atoms with Crippen LogP contribution in [0.5, 0.6) is 0 Å². The second-order valence-electron chi connectivity index (χ2n) is 8.66. The number of carbonyl (C=O) groups is 1. The fourth-order valence-electron chi connectivity index (χ4n) is 4.22. The van der Waals surface area contributed by atoms with Gasteiger partial charge in [0.25, 0.3) is 5.91 Å². The van der Waals surface area contributed by atoms with Gasteiger partial charge in [-0.1, -0.05) is 6.07 Å². The van der Waals surface area contributed by atoms with E-state index in [1.165, 1.54) is 6.20 Å². The van der Waals surface area contributed by atoms with Crippen LogP contribution in [0.15, 0.2) is 60.0 Å². The maximum Gasteiger partial charge on any atom is 0.253 e. The summed E-state index contributed by atoms with van der Waals surface area (Å²) in [5.41, 5.74) is 9.52. The molecule has 4 heterocycles. The summed E-state index contributed by atoms with van der Waals surface area (Å²) in [5.74, 6) is 0.161. The predicted molar refractivity (Wildman–Crippen MR) is 128 cm³/mol. The number of aryl methyl sites for hydroxylation is 1. The standard InChI is InChI=1S/C24H24N6O3S/c1-15-5-7-26-20(9-15)17-11-27-24(28-12-17)30-14-22(34(2,32)33)19-4-3-16(10-21(19)30)23(31)29-8-6-18(25)13-29/h3-5,7,9-12,14,18H,6,8,13,25H2,1-2H3/t18-/m1/s1. The summed E-state index contributed by atoms with van der Waals surface area (Å²) < 4.78 is 26.6. The highest BCUT2D eigenvalue weighted by atomic mass is 32.2. The first kappa shape index (κ1) is 22.2. The first-order valence-electron chi connectivity index (χ1n) is 10.9. The lowest BCUT2D eigenvalue weighted by Gasteiger charge is -2.16. The fraction of sp³-hybridized carbons (Fsp3) is 0.250. The summed E-state index contributed by atoms with van der Waals surface area (Å²) in [6.07, 6.45) is 8.44. The molecule has 2 N–H and O–H groups in total. The minimum absolute atomic E-state index is 0.0248. The third-order valence-electron chi connectivity index (χ3n) is 5.99. The quantitative estimate of drug-likeness (QED) is 0.479. The summed E-state index contributed by atoms with van der Waals surface area (Å²) in [5, 5.41) is 0.505. The molecule has 0 bridgehead atoms. The van der Waals surface area contributed by atoms with Crippen LogP contribution < -0.4 is 5.73 Å². The smallest absolute Gasteiger partial charge is 0.253 e. The minimum Gasteiger partial charge on any atom is -0.337 e. The number of hydrogen-bond acceptors (Lipinski definition) is 7. The zero-order chi connectivity index (χ0) is 24.0. The van der Waals surface area contributed by atoms with Gasteiger partial charge in [0.2, 0.25) is 5.95 Å². The van der Waals surface area contributed by atoms with E-state index in [2.05, 4.69) is 15.0 Å². The van der Waals surface area contributed by atoms with E-state index in [-0.39, 0.29) is 16.8 Å². The number of fused-ring (bicyclic) bond motifs is 1. The van der Waals surface area contributed by atoms with Crippen molar-refractivity contribution in [2.45, 2.75) is 24.3 Å². The Morgan fingerprint density at radius 2 is 1.88 bits per heavy atom. The third-order valence-corrected chi connectivity index (χ3v) is 7.12. The zero-order valence-electron chi connectivity index (χ0n) is 18.8. The van der Waals surface area contributed by atoms with Crippen molar-refractivity contribution < 1.29 is 13.2 Å². The summed E-state index contributed by atoms with van der Waals surface area (Å²) >= 11 is 0. The zero-order valence-corrected chi connectivity index (χ0v) is 19.7. The average molecular weight is 477 g/mol. The van der Waals surface area contributed by atoms with Gasteiger partial charge in [-0.15, -0.1) is 0 Å². The Labute approximate surface area is 197 Å². The Balaban J connectivity index is 1.60. The second kappa shape index (κ2) is 8.30. The van der Waals surface area contributed by atoms with E-state index in [1.807, 2.05) is 19.1 Å². The van der Waals surface area contributed by atoms with Gasteiger partial charge in [-0.25, -0.2) is 18.4 Å². The van der Waals surface area contributed by atoms with Crippen LogP contribution in [0, 0.1) is 6.92 Å². The summed E-state index contributed by atoms with van der Waals surface area (Å²) in [7, 11) is -3.53. The number of pyridine rings is 1. The number of sulfone groups is 1. The van der Waals surface area contributed by atoms with Crippen molar-refractivity contribution in [2.24, 2.45) is 5.73 Å². The molecule has 10 heteroatoms. The van der Waals surface area contributed by atoms with Crippen LogP contribution >= 0.6 is 0 Å². The highest BCUT2D eigenvalue weighted by molar-refractivity contribution is 7.91. The minimum atomic E-state index is -3.53. The van der Waals surface area contributed by atoms with Gasteiger partial charge in [0.05, 0.1) is 16.1 Å². The van der Waals surface area contributed by atoms with Gasteiger partial charge >= 0.3 is 0 Å². The van der Waals surface area contributed by atoms with Crippen LogP contribution in [0.1, 0.15) is 22.3 Å². The fourth-order valence-corrected chi connectivity index (χ4v) is 5.08. The van der Waals surface area contributed by atoms with Crippen LogP contribution in [0.2, 0.25) is 0 Å². The molecule has 3 aromatic heterocycles. The van der Waals surface area contributed by atoms with Gasteiger partial charge in [-0.3, -0.25) is 14.3 Å². The number of benzene rings is 1. The lowest BCUT2D eigenvalue weighted by Crippen LogP contribution is -2.31. The highest BCUT2D eigenvalue weighted by Crippen LogP contribution is 2.29. The number of amides is 1. The summed E-state index contributed by atoms with van der Waals surface area (Å²) in [6, 6.07) is 8.83. The lowest BCUT2D eigenvalue weighted by atomic mass is 10.1. The summed E-state index contributed by atoms with van der Waals surface area (Å²) in [4.78, 5) is 28.2. The lowest BCUT2D eigenvalue weighted by molar-refractivity contribution is 0.0791. The van der Waals surface area contributed by atoms with Crippen LogP contribution in [0.25, 0.3) is 28.1 Å². The van der Waals surface area contributed by atoms with Gasteiger partial charge in [0.15, 0.2) is 9.84 Å². The Hall–Kier alpha value is -3.63. The maximum absolute atomic E-state index is 13.0.